The van der Waals surface area contributed by atoms with Gasteiger partial charge in [-0.2, -0.15) is 0 Å². The molecule has 0 amide bonds. The molecule has 0 aliphatic rings. The van der Waals surface area contributed by atoms with Crippen LogP contribution in [0.1, 0.15) is 6.92 Å². The average molecular weight is 305 g/mol. The first-order valence-corrected chi connectivity index (χ1v) is 7.34. The molecule has 0 saturated carbocycles. The highest BCUT2D eigenvalue weighted by molar-refractivity contribution is 7.89. The molecule has 0 radical (unpaired) electrons. The predicted octanol–water partition coefficient (Wildman–Crippen LogP) is 0.868. The van der Waals surface area contributed by atoms with Crippen LogP contribution < -0.4 is 10.0 Å². The summed E-state index contributed by atoms with van der Waals surface area (Å²) in [6.07, 6.45) is 0. The van der Waals surface area contributed by atoms with Gasteiger partial charge >= 0.3 is 0 Å². The van der Waals surface area contributed by atoms with Crippen LogP contribution in [-0.2, 0) is 10.0 Å². The average Bonchev–Trinajstić information content (AvgIpc) is 2.37. The van der Waals surface area contributed by atoms with Crippen LogP contribution in [-0.4, -0.2) is 33.5 Å². The molecule has 0 spiro atoms. The van der Waals surface area contributed by atoms with Crippen LogP contribution in [0.2, 0.25) is 0 Å². The Morgan fingerprint density at radius 1 is 1.40 bits per heavy atom. The van der Waals surface area contributed by atoms with Crippen molar-refractivity contribution in [1.82, 2.24) is 10.0 Å². The number of rotatable bonds is 7. The van der Waals surface area contributed by atoms with Crippen LogP contribution >= 0.6 is 0 Å². The van der Waals surface area contributed by atoms with Gasteiger partial charge in [0.15, 0.2) is 0 Å². The Hall–Kier alpha value is -1.58. The van der Waals surface area contributed by atoms with Crippen molar-refractivity contribution in [1.29, 1.82) is 0 Å². The third-order valence-corrected chi connectivity index (χ3v) is 4.03. The lowest BCUT2D eigenvalue weighted by Gasteiger charge is -2.12. The summed E-state index contributed by atoms with van der Waals surface area (Å²) in [4.78, 5) is 9.11. The number of benzene rings is 1. The van der Waals surface area contributed by atoms with E-state index in [1.54, 1.807) is 7.05 Å². The Balaban J connectivity index is 2.97. The Labute approximate surface area is 116 Å². The van der Waals surface area contributed by atoms with E-state index in [2.05, 4.69) is 10.0 Å². The molecule has 0 aliphatic carbocycles. The first-order chi connectivity index (χ1) is 9.27. The van der Waals surface area contributed by atoms with Gasteiger partial charge in [-0.3, -0.25) is 10.1 Å². The van der Waals surface area contributed by atoms with E-state index < -0.39 is 31.3 Å². The van der Waals surface area contributed by atoms with Crippen LogP contribution in [0, 0.1) is 21.8 Å². The van der Waals surface area contributed by atoms with Gasteiger partial charge in [0.2, 0.25) is 10.0 Å². The Morgan fingerprint density at radius 2 is 2.05 bits per heavy atom. The van der Waals surface area contributed by atoms with E-state index in [1.807, 2.05) is 6.92 Å². The van der Waals surface area contributed by atoms with Gasteiger partial charge in [-0.15, -0.1) is 0 Å². The lowest BCUT2D eigenvalue weighted by atomic mass is 10.2. The molecular weight excluding hydrogens is 289 g/mol. The third-order valence-electron chi connectivity index (χ3n) is 2.59. The van der Waals surface area contributed by atoms with Gasteiger partial charge in [0, 0.05) is 18.7 Å². The van der Waals surface area contributed by atoms with Crippen LogP contribution in [0.3, 0.4) is 0 Å². The van der Waals surface area contributed by atoms with Gasteiger partial charge < -0.3 is 5.32 Å². The van der Waals surface area contributed by atoms with Gasteiger partial charge in [0.05, 0.1) is 4.92 Å². The quantitative estimate of drug-likeness (QED) is 0.575. The first-order valence-electron chi connectivity index (χ1n) is 5.86. The van der Waals surface area contributed by atoms with E-state index in [0.29, 0.717) is 12.6 Å². The molecule has 1 rings (SSSR count). The number of nitro groups is 1. The van der Waals surface area contributed by atoms with Gasteiger partial charge in [0.1, 0.15) is 10.7 Å². The summed E-state index contributed by atoms with van der Waals surface area (Å²) in [5.74, 6) is -1.03. The zero-order valence-corrected chi connectivity index (χ0v) is 11.9. The molecule has 0 aliphatic heterocycles. The molecule has 0 saturated heterocycles. The van der Waals surface area contributed by atoms with Crippen molar-refractivity contribution >= 4 is 15.7 Å². The molecular formula is C11H16FN3O4S. The Kier molecular flexibility index (Phi) is 5.54. The normalized spacial score (nSPS) is 13.2. The minimum atomic E-state index is -4.12. The Morgan fingerprint density at radius 3 is 2.60 bits per heavy atom. The largest absolute Gasteiger partial charge is 0.319 e. The minimum absolute atomic E-state index is 0.00321. The van der Waals surface area contributed by atoms with E-state index in [9.17, 15) is 22.9 Å². The minimum Gasteiger partial charge on any atom is -0.319 e. The predicted molar refractivity (Wildman–Crippen MR) is 71.3 cm³/mol. The third kappa shape index (κ3) is 4.22. The van der Waals surface area contributed by atoms with Crippen LogP contribution in [0.4, 0.5) is 10.1 Å². The van der Waals surface area contributed by atoms with Gasteiger partial charge in [-0.25, -0.2) is 17.5 Å². The second kappa shape index (κ2) is 6.73. The second-order valence-corrected chi connectivity index (χ2v) is 6.12. The monoisotopic (exact) mass is 305 g/mol. The van der Waals surface area contributed by atoms with Crippen molar-refractivity contribution in [2.45, 2.75) is 11.8 Å². The summed E-state index contributed by atoms with van der Waals surface area (Å²) in [7, 11) is -2.39. The molecule has 0 aromatic heterocycles. The number of sulfonamides is 1. The second-order valence-electron chi connectivity index (χ2n) is 4.39. The SMILES string of the molecule is CNCC(C)CNS(=O)(=O)c1cc([N+](=O)[O-])ccc1F. The van der Waals surface area contributed by atoms with E-state index in [4.69, 9.17) is 0 Å². The van der Waals surface area contributed by atoms with Gasteiger partial charge in [-0.1, -0.05) is 6.92 Å². The molecule has 20 heavy (non-hydrogen) atoms. The maximum absolute atomic E-state index is 13.5. The number of hydrogen-bond acceptors (Lipinski definition) is 5. The van der Waals surface area contributed by atoms with Crippen molar-refractivity contribution in [2.75, 3.05) is 20.1 Å². The molecule has 1 aromatic carbocycles. The number of halogens is 1. The smallest absolute Gasteiger partial charge is 0.270 e. The maximum Gasteiger partial charge on any atom is 0.270 e. The number of nitro benzene ring substituents is 1. The van der Waals surface area contributed by atoms with Crippen LogP contribution in [0.25, 0.3) is 0 Å². The highest BCUT2D eigenvalue weighted by Gasteiger charge is 2.22. The van der Waals surface area contributed by atoms with Gasteiger partial charge in [-0.05, 0) is 25.6 Å². The molecule has 7 nitrogen and oxygen atoms in total. The van der Waals surface area contributed by atoms with Gasteiger partial charge in [0.25, 0.3) is 5.69 Å². The summed E-state index contributed by atoms with van der Waals surface area (Å²) in [5.41, 5.74) is -0.477. The fourth-order valence-corrected chi connectivity index (χ4v) is 2.82. The molecule has 0 bridgehead atoms. The van der Waals surface area contributed by atoms with Crippen LogP contribution in [0.5, 0.6) is 0 Å². The van der Waals surface area contributed by atoms with Crippen LogP contribution in [0.15, 0.2) is 23.1 Å². The summed E-state index contributed by atoms with van der Waals surface area (Å²) in [6.45, 7) is 2.49. The van der Waals surface area contributed by atoms with Crippen molar-refractivity contribution in [2.24, 2.45) is 5.92 Å². The zero-order chi connectivity index (χ0) is 15.3. The maximum atomic E-state index is 13.5. The molecule has 9 heteroatoms. The van der Waals surface area contributed by atoms with Crippen molar-refractivity contribution in [3.8, 4) is 0 Å². The summed E-state index contributed by atoms with van der Waals surface area (Å²) in [6, 6.07) is 2.39. The molecule has 0 fully saturated rings. The van der Waals surface area contributed by atoms with E-state index in [-0.39, 0.29) is 12.5 Å². The lowest BCUT2D eigenvalue weighted by molar-refractivity contribution is -0.385. The first kappa shape index (κ1) is 16.5. The highest BCUT2D eigenvalue weighted by Crippen LogP contribution is 2.20. The van der Waals surface area contributed by atoms with E-state index >= 15 is 0 Å². The van der Waals surface area contributed by atoms with Crippen molar-refractivity contribution < 1.29 is 17.7 Å². The summed E-state index contributed by atoms with van der Waals surface area (Å²) < 4.78 is 39.7. The summed E-state index contributed by atoms with van der Waals surface area (Å²) in [5, 5.41) is 13.5. The summed E-state index contributed by atoms with van der Waals surface area (Å²) >= 11 is 0. The number of hydrogen-bond donors (Lipinski definition) is 2. The molecule has 2 N–H and O–H groups in total. The molecule has 1 atom stereocenters. The lowest BCUT2D eigenvalue weighted by Crippen LogP contribution is -2.32. The molecule has 1 aromatic rings. The Bertz CT molecular complexity index is 591. The van der Waals surface area contributed by atoms with E-state index in [0.717, 1.165) is 12.1 Å². The van der Waals surface area contributed by atoms with Crippen molar-refractivity contribution in [3.63, 3.8) is 0 Å². The molecule has 0 heterocycles. The van der Waals surface area contributed by atoms with Crippen molar-refractivity contribution in [3.05, 3.63) is 34.1 Å². The van der Waals surface area contributed by atoms with E-state index in [1.165, 1.54) is 0 Å². The fraction of sp³-hybridized carbons (Fsp3) is 0.455. The standard InChI is InChI=1S/C11H16FN3O4S/c1-8(6-13-2)7-14-20(18,19)11-5-9(15(16)17)3-4-10(11)12/h3-5,8,13-14H,6-7H2,1-2H3. The highest BCUT2D eigenvalue weighted by atomic mass is 32.2. The number of non-ortho nitro benzene ring substituents is 1. The number of nitrogens with zero attached hydrogens (tertiary/aromatic N) is 1. The zero-order valence-electron chi connectivity index (χ0n) is 11.1. The topological polar surface area (TPSA) is 101 Å². The number of nitrogens with one attached hydrogen (secondary N) is 2. The molecule has 1 unspecified atom stereocenters. The molecule has 112 valence electrons. The fourth-order valence-electron chi connectivity index (χ4n) is 1.56.